The molecule has 0 aliphatic carbocycles. The highest BCUT2D eigenvalue weighted by Gasteiger charge is 2.20. The molecule has 2 aromatic rings. The first-order chi connectivity index (χ1) is 9.95. The fourth-order valence-corrected chi connectivity index (χ4v) is 3.30. The van der Waals surface area contributed by atoms with Crippen molar-refractivity contribution in [2.75, 3.05) is 12.3 Å². The van der Waals surface area contributed by atoms with Gasteiger partial charge in [-0.2, -0.15) is 0 Å². The molecule has 4 heteroatoms. The van der Waals surface area contributed by atoms with E-state index in [-0.39, 0.29) is 5.97 Å². The Labute approximate surface area is 129 Å². The standard InChI is InChI=1S/C17H21NO2S/c1-5-20-17(19)16-14(18)11(4)15(21-16)13-8-6-12(7-9-13)10(2)3/h6-10H,5,18H2,1-4H3. The summed E-state index contributed by atoms with van der Waals surface area (Å²) in [7, 11) is 0. The minimum Gasteiger partial charge on any atom is -0.462 e. The number of thiophene rings is 1. The number of esters is 1. The van der Waals surface area contributed by atoms with Crippen molar-refractivity contribution in [2.45, 2.75) is 33.6 Å². The largest absolute Gasteiger partial charge is 0.462 e. The van der Waals surface area contributed by atoms with E-state index in [1.165, 1.54) is 16.9 Å². The number of carbonyl (C=O) groups excluding carboxylic acids is 1. The van der Waals surface area contributed by atoms with E-state index in [0.717, 1.165) is 16.0 Å². The van der Waals surface area contributed by atoms with Crippen LogP contribution < -0.4 is 5.73 Å². The Morgan fingerprint density at radius 2 is 1.90 bits per heavy atom. The molecule has 0 aliphatic rings. The second-order valence-corrected chi connectivity index (χ2v) is 6.32. The molecular weight excluding hydrogens is 282 g/mol. The third-order valence-electron chi connectivity index (χ3n) is 3.49. The van der Waals surface area contributed by atoms with Crippen molar-refractivity contribution in [2.24, 2.45) is 0 Å². The quantitative estimate of drug-likeness (QED) is 0.839. The summed E-state index contributed by atoms with van der Waals surface area (Å²) in [6, 6.07) is 8.42. The van der Waals surface area contributed by atoms with Crippen LogP contribution in [0.5, 0.6) is 0 Å². The predicted octanol–water partition coefficient (Wildman–Crippen LogP) is 4.61. The number of anilines is 1. The molecule has 1 heterocycles. The van der Waals surface area contributed by atoms with Crippen LogP contribution in [0.4, 0.5) is 5.69 Å². The van der Waals surface area contributed by atoms with Gasteiger partial charge < -0.3 is 10.5 Å². The average molecular weight is 303 g/mol. The summed E-state index contributed by atoms with van der Waals surface area (Å²) in [4.78, 5) is 13.4. The summed E-state index contributed by atoms with van der Waals surface area (Å²) in [6.45, 7) is 8.43. The first kappa shape index (κ1) is 15.6. The third kappa shape index (κ3) is 3.10. The molecule has 0 bridgehead atoms. The fourth-order valence-electron chi connectivity index (χ4n) is 2.17. The van der Waals surface area contributed by atoms with Gasteiger partial charge in [0.25, 0.3) is 0 Å². The Hall–Kier alpha value is -1.81. The Balaban J connectivity index is 2.40. The summed E-state index contributed by atoms with van der Waals surface area (Å²) in [6.07, 6.45) is 0. The maximum atomic E-state index is 11.9. The molecule has 112 valence electrons. The van der Waals surface area contributed by atoms with Crippen molar-refractivity contribution in [3.63, 3.8) is 0 Å². The van der Waals surface area contributed by atoms with Gasteiger partial charge in [0, 0.05) is 4.88 Å². The van der Waals surface area contributed by atoms with Gasteiger partial charge in [0.1, 0.15) is 4.88 Å². The van der Waals surface area contributed by atoms with Gasteiger partial charge in [0.15, 0.2) is 0 Å². The van der Waals surface area contributed by atoms with Crippen LogP contribution in [0, 0.1) is 6.92 Å². The Morgan fingerprint density at radius 3 is 2.43 bits per heavy atom. The molecule has 21 heavy (non-hydrogen) atoms. The molecule has 1 aromatic heterocycles. The first-order valence-corrected chi connectivity index (χ1v) is 7.93. The van der Waals surface area contributed by atoms with Crippen LogP contribution in [0.2, 0.25) is 0 Å². The van der Waals surface area contributed by atoms with E-state index >= 15 is 0 Å². The number of hydrogen-bond acceptors (Lipinski definition) is 4. The SMILES string of the molecule is CCOC(=O)c1sc(-c2ccc(C(C)C)cc2)c(C)c1N. The molecule has 2 rings (SSSR count). The minimum absolute atomic E-state index is 0.340. The van der Waals surface area contributed by atoms with Crippen LogP contribution >= 0.6 is 11.3 Å². The highest BCUT2D eigenvalue weighted by Crippen LogP contribution is 2.38. The zero-order chi connectivity index (χ0) is 15.6. The normalized spacial score (nSPS) is 10.9. The fraction of sp³-hybridized carbons (Fsp3) is 0.353. The van der Waals surface area contributed by atoms with E-state index in [1.807, 2.05) is 6.92 Å². The summed E-state index contributed by atoms with van der Waals surface area (Å²) >= 11 is 1.40. The van der Waals surface area contributed by atoms with Crippen molar-refractivity contribution in [1.82, 2.24) is 0 Å². The molecule has 2 N–H and O–H groups in total. The van der Waals surface area contributed by atoms with Crippen LogP contribution in [0.3, 0.4) is 0 Å². The molecule has 1 aromatic carbocycles. The third-order valence-corrected chi connectivity index (χ3v) is 4.83. The molecule has 0 atom stereocenters. The lowest BCUT2D eigenvalue weighted by molar-refractivity contribution is 0.0533. The van der Waals surface area contributed by atoms with Crippen molar-refractivity contribution < 1.29 is 9.53 Å². The molecular formula is C17H21NO2S. The zero-order valence-corrected chi connectivity index (χ0v) is 13.7. The van der Waals surface area contributed by atoms with E-state index in [2.05, 4.69) is 38.1 Å². The van der Waals surface area contributed by atoms with Gasteiger partial charge in [-0.1, -0.05) is 38.1 Å². The summed E-state index contributed by atoms with van der Waals surface area (Å²) < 4.78 is 5.06. The summed E-state index contributed by atoms with van der Waals surface area (Å²) in [5, 5.41) is 0. The van der Waals surface area contributed by atoms with Gasteiger partial charge >= 0.3 is 5.97 Å². The van der Waals surface area contributed by atoms with Crippen LogP contribution in [0.25, 0.3) is 10.4 Å². The van der Waals surface area contributed by atoms with Crippen LogP contribution in [0.1, 0.15) is 47.5 Å². The Morgan fingerprint density at radius 1 is 1.29 bits per heavy atom. The lowest BCUT2D eigenvalue weighted by atomic mass is 10.0. The van der Waals surface area contributed by atoms with E-state index in [1.54, 1.807) is 6.92 Å². The van der Waals surface area contributed by atoms with E-state index in [4.69, 9.17) is 10.5 Å². The number of hydrogen-bond donors (Lipinski definition) is 1. The molecule has 0 fully saturated rings. The number of rotatable bonds is 4. The second kappa shape index (κ2) is 6.31. The lowest BCUT2D eigenvalue weighted by Crippen LogP contribution is -2.05. The molecule has 0 saturated carbocycles. The molecule has 0 saturated heterocycles. The van der Waals surface area contributed by atoms with E-state index < -0.39 is 0 Å². The lowest BCUT2D eigenvalue weighted by Gasteiger charge is -2.06. The number of ether oxygens (including phenoxy) is 1. The minimum atomic E-state index is -0.340. The molecule has 3 nitrogen and oxygen atoms in total. The Kier molecular flexibility index (Phi) is 4.68. The van der Waals surface area contributed by atoms with Gasteiger partial charge in [-0.15, -0.1) is 11.3 Å². The van der Waals surface area contributed by atoms with Crippen molar-refractivity contribution in [3.05, 3.63) is 40.3 Å². The number of benzene rings is 1. The van der Waals surface area contributed by atoms with Crippen molar-refractivity contribution in [3.8, 4) is 10.4 Å². The summed E-state index contributed by atoms with van der Waals surface area (Å²) in [5.41, 5.74) is 9.92. The molecule has 0 spiro atoms. The van der Waals surface area contributed by atoms with Gasteiger partial charge in [-0.05, 0) is 36.5 Å². The van der Waals surface area contributed by atoms with Gasteiger partial charge in [0.05, 0.1) is 12.3 Å². The second-order valence-electron chi connectivity index (χ2n) is 5.30. The van der Waals surface area contributed by atoms with Crippen LogP contribution in [-0.4, -0.2) is 12.6 Å². The predicted molar refractivity (Wildman–Crippen MR) is 88.9 cm³/mol. The average Bonchev–Trinajstić information content (AvgIpc) is 2.76. The first-order valence-electron chi connectivity index (χ1n) is 7.12. The number of nitrogen functional groups attached to an aromatic ring is 1. The number of nitrogens with two attached hydrogens (primary N) is 1. The molecule has 0 aliphatic heterocycles. The van der Waals surface area contributed by atoms with Crippen LogP contribution in [-0.2, 0) is 4.74 Å². The topological polar surface area (TPSA) is 52.3 Å². The molecule has 0 amide bonds. The van der Waals surface area contributed by atoms with Gasteiger partial charge in [-0.3, -0.25) is 0 Å². The number of carbonyl (C=O) groups is 1. The highest BCUT2D eigenvalue weighted by atomic mass is 32.1. The van der Waals surface area contributed by atoms with Gasteiger partial charge in [0.2, 0.25) is 0 Å². The van der Waals surface area contributed by atoms with E-state index in [9.17, 15) is 4.79 Å². The van der Waals surface area contributed by atoms with Crippen molar-refractivity contribution in [1.29, 1.82) is 0 Å². The molecule has 0 radical (unpaired) electrons. The maximum Gasteiger partial charge on any atom is 0.350 e. The maximum absolute atomic E-state index is 11.9. The van der Waals surface area contributed by atoms with E-state index in [0.29, 0.717) is 23.1 Å². The Bertz CT molecular complexity index is 642. The smallest absolute Gasteiger partial charge is 0.350 e. The monoisotopic (exact) mass is 303 g/mol. The zero-order valence-electron chi connectivity index (χ0n) is 12.9. The van der Waals surface area contributed by atoms with Crippen LogP contribution in [0.15, 0.2) is 24.3 Å². The van der Waals surface area contributed by atoms with Crippen molar-refractivity contribution >= 4 is 23.0 Å². The summed E-state index contributed by atoms with van der Waals surface area (Å²) in [5.74, 6) is 0.164. The van der Waals surface area contributed by atoms with Gasteiger partial charge in [-0.25, -0.2) is 4.79 Å². The molecule has 0 unspecified atom stereocenters. The highest BCUT2D eigenvalue weighted by molar-refractivity contribution is 7.18.